The highest BCUT2D eigenvalue weighted by Gasteiger charge is 2.56. The third-order valence-electron chi connectivity index (χ3n) is 10.0. The molecule has 2 aromatic heterocycles. The molecule has 8 heteroatoms. The van der Waals surface area contributed by atoms with Crippen LogP contribution < -0.4 is 0 Å². The number of carboxylic acids is 1. The largest absolute Gasteiger partial charge is 0.481 e. The molecule has 0 bridgehead atoms. The molecule has 6 aromatic rings. The number of carbonyl (C=O) groups is 2. The lowest BCUT2D eigenvalue weighted by Gasteiger charge is -2.42. The Labute approximate surface area is 271 Å². The summed E-state index contributed by atoms with van der Waals surface area (Å²) in [6.45, 7) is 4.14. The molecule has 0 fully saturated rings. The second kappa shape index (κ2) is 10.8. The highest BCUT2D eigenvalue weighted by Crippen LogP contribution is 2.61. The van der Waals surface area contributed by atoms with E-state index >= 15 is 0 Å². The maximum absolute atomic E-state index is 12.7. The van der Waals surface area contributed by atoms with Crippen LogP contribution in [0.5, 0.6) is 0 Å². The fourth-order valence-electron chi connectivity index (χ4n) is 8.19. The molecular weight excluding hydrogens is 588 g/mol. The Bertz CT molecular complexity index is 2240. The summed E-state index contributed by atoms with van der Waals surface area (Å²) in [5.41, 5.74) is 8.39. The van der Waals surface area contributed by atoms with Crippen molar-refractivity contribution in [2.75, 3.05) is 0 Å². The molecule has 2 unspecified atom stereocenters. The Morgan fingerprint density at radius 1 is 0.681 bits per heavy atom. The zero-order chi connectivity index (χ0) is 32.3. The van der Waals surface area contributed by atoms with Crippen LogP contribution in [0.15, 0.2) is 97.1 Å². The van der Waals surface area contributed by atoms with Gasteiger partial charge in [-0.1, -0.05) is 79.7 Å². The lowest BCUT2D eigenvalue weighted by atomic mass is 9.60. The first-order valence-corrected chi connectivity index (χ1v) is 15.9. The topological polar surface area (TPSA) is 115 Å². The summed E-state index contributed by atoms with van der Waals surface area (Å²) in [6, 6.07) is 31.9. The van der Waals surface area contributed by atoms with Crippen LogP contribution in [0.25, 0.3) is 44.6 Å². The monoisotopic (exact) mass is 620 g/mol. The van der Waals surface area contributed by atoms with Crippen molar-refractivity contribution in [1.29, 1.82) is 0 Å². The van der Waals surface area contributed by atoms with E-state index in [-0.39, 0.29) is 6.42 Å². The van der Waals surface area contributed by atoms with Crippen LogP contribution in [0.1, 0.15) is 55.6 Å². The Kier molecular flexibility index (Phi) is 6.65. The molecule has 0 saturated carbocycles. The summed E-state index contributed by atoms with van der Waals surface area (Å²) >= 11 is 0. The summed E-state index contributed by atoms with van der Waals surface area (Å²) in [6.07, 6.45) is 0.623. The van der Waals surface area contributed by atoms with Crippen molar-refractivity contribution in [1.82, 2.24) is 19.9 Å². The van der Waals surface area contributed by atoms with Gasteiger partial charge in [0.1, 0.15) is 0 Å². The van der Waals surface area contributed by atoms with E-state index < -0.39 is 28.8 Å². The van der Waals surface area contributed by atoms with Crippen molar-refractivity contribution < 1.29 is 19.4 Å². The molecule has 2 heterocycles. The number of aromatic nitrogens is 4. The van der Waals surface area contributed by atoms with Gasteiger partial charge in [-0.3, -0.25) is 9.59 Å². The van der Waals surface area contributed by atoms with E-state index in [2.05, 4.69) is 24.3 Å². The third kappa shape index (κ3) is 4.35. The number of fused-ring (bicyclic) bond motifs is 8. The standard InChI is InChI=1S/C39H32N4O4/c1-23(37(45)46)19-38(27-13-5-3-11-25(27)33-35(38)42-31-17-9-7-15-29(31)40-33)21-39(20-24(2)47-22-44)28-14-6-4-12-26(28)34-36(39)43-32-18-10-8-16-30(32)41-34/h3-18,22-24H,19-21H2,1-2H3,(H,45,46)/t23?,24?,38-,39+/m0/s1. The maximum atomic E-state index is 12.7. The lowest BCUT2D eigenvalue weighted by molar-refractivity contribution is -0.142. The molecule has 1 N–H and O–H groups in total. The minimum atomic E-state index is -0.885. The van der Waals surface area contributed by atoms with Crippen molar-refractivity contribution >= 4 is 34.5 Å². The van der Waals surface area contributed by atoms with Crippen molar-refractivity contribution in [3.63, 3.8) is 0 Å². The zero-order valence-corrected chi connectivity index (χ0v) is 26.1. The van der Waals surface area contributed by atoms with Gasteiger partial charge in [-0.05, 0) is 61.6 Å². The second-order valence-electron chi connectivity index (χ2n) is 12.9. The first-order valence-electron chi connectivity index (χ1n) is 15.9. The number of carbonyl (C=O) groups excluding carboxylic acids is 1. The van der Waals surface area contributed by atoms with Crippen LogP contribution >= 0.6 is 0 Å². The van der Waals surface area contributed by atoms with Crippen LogP contribution in [0, 0.1) is 5.92 Å². The number of aliphatic carboxylic acids is 1. The lowest BCUT2D eigenvalue weighted by Crippen LogP contribution is -2.42. The van der Waals surface area contributed by atoms with E-state index in [9.17, 15) is 14.7 Å². The van der Waals surface area contributed by atoms with Gasteiger partial charge in [-0.2, -0.15) is 0 Å². The fourth-order valence-corrected chi connectivity index (χ4v) is 8.19. The molecular formula is C39H32N4O4. The van der Waals surface area contributed by atoms with Crippen molar-refractivity contribution in [2.24, 2.45) is 5.92 Å². The minimum absolute atomic E-state index is 0.280. The van der Waals surface area contributed by atoms with Gasteiger partial charge in [-0.15, -0.1) is 0 Å². The van der Waals surface area contributed by atoms with E-state index in [1.54, 1.807) is 6.92 Å². The number of nitrogens with zero attached hydrogens (tertiary/aromatic N) is 4. The van der Waals surface area contributed by atoms with Gasteiger partial charge in [0.2, 0.25) is 0 Å². The first-order chi connectivity index (χ1) is 22.8. The van der Waals surface area contributed by atoms with Crippen LogP contribution in [0.3, 0.4) is 0 Å². The SMILES string of the molecule is CC(C[C@@]1(C[C@@]2(CC(C)C(=O)O)c3ccccc3-c3nc4ccccc4nc32)c2ccccc2-c2nc3ccccc3nc21)OC=O. The van der Waals surface area contributed by atoms with Gasteiger partial charge in [0.25, 0.3) is 6.47 Å². The normalized spacial score (nSPS) is 20.2. The minimum Gasteiger partial charge on any atom is -0.481 e. The smallest absolute Gasteiger partial charge is 0.306 e. The number of para-hydroxylation sites is 4. The molecule has 0 aliphatic heterocycles. The van der Waals surface area contributed by atoms with E-state index in [1.807, 2.05) is 79.7 Å². The fraction of sp³-hybridized carbons (Fsp3) is 0.231. The first kappa shape index (κ1) is 28.9. The van der Waals surface area contributed by atoms with E-state index in [0.717, 1.165) is 67.1 Å². The van der Waals surface area contributed by atoms with Crippen molar-refractivity contribution in [3.8, 4) is 22.5 Å². The summed E-state index contributed by atoms with van der Waals surface area (Å²) in [4.78, 5) is 45.3. The summed E-state index contributed by atoms with van der Waals surface area (Å²) in [5.74, 6) is -1.59. The van der Waals surface area contributed by atoms with Crippen LogP contribution in [-0.4, -0.2) is 43.6 Å². The number of rotatable bonds is 9. The van der Waals surface area contributed by atoms with Gasteiger partial charge in [0.15, 0.2) is 0 Å². The Hall–Kier alpha value is -5.50. The van der Waals surface area contributed by atoms with Gasteiger partial charge >= 0.3 is 5.97 Å². The molecule has 2 aliphatic rings. The summed E-state index contributed by atoms with van der Waals surface area (Å²) in [5, 5.41) is 10.4. The van der Waals surface area contributed by atoms with E-state index in [4.69, 9.17) is 24.7 Å². The number of ether oxygens (including phenoxy) is 1. The molecule has 8 rings (SSSR count). The van der Waals surface area contributed by atoms with E-state index in [0.29, 0.717) is 19.3 Å². The number of hydrogen-bond donors (Lipinski definition) is 1. The number of benzene rings is 4. The molecule has 0 radical (unpaired) electrons. The van der Waals surface area contributed by atoms with Gasteiger partial charge in [0.05, 0.1) is 56.9 Å². The average Bonchev–Trinajstić information content (AvgIpc) is 3.48. The number of hydrogen-bond acceptors (Lipinski definition) is 7. The zero-order valence-electron chi connectivity index (χ0n) is 26.1. The predicted octanol–water partition coefficient (Wildman–Crippen LogP) is 7.26. The van der Waals surface area contributed by atoms with E-state index in [1.165, 1.54) is 0 Å². The quantitative estimate of drug-likeness (QED) is 0.168. The van der Waals surface area contributed by atoms with Gasteiger partial charge in [0, 0.05) is 22.0 Å². The number of carboxylic acid groups (broad SMARTS) is 1. The third-order valence-corrected chi connectivity index (χ3v) is 10.0. The highest BCUT2D eigenvalue weighted by atomic mass is 16.5. The molecule has 0 amide bonds. The summed E-state index contributed by atoms with van der Waals surface area (Å²) in [7, 11) is 0. The highest BCUT2D eigenvalue weighted by molar-refractivity contribution is 5.87. The van der Waals surface area contributed by atoms with Gasteiger partial charge < -0.3 is 9.84 Å². The second-order valence-corrected chi connectivity index (χ2v) is 12.9. The molecule has 4 aromatic carbocycles. The van der Waals surface area contributed by atoms with Crippen LogP contribution in [-0.2, 0) is 25.2 Å². The molecule has 4 atom stereocenters. The Morgan fingerprint density at radius 2 is 1.11 bits per heavy atom. The molecule has 47 heavy (non-hydrogen) atoms. The molecule has 8 nitrogen and oxygen atoms in total. The molecule has 232 valence electrons. The van der Waals surface area contributed by atoms with Crippen molar-refractivity contribution in [2.45, 2.75) is 50.0 Å². The van der Waals surface area contributed by atoms with Crippen molar-refractivity contribution in [3.05, 3.63) is 120 Å². The summed E-state index contributed by atoms with van der Waals surface area (Å²) < 4.78 is 5.61. The average molecular weight is 621 g/mol. The van der Waals surface area contributed by atoms with Crippen LogP contribution in [0.4, 0.5) is 0 Å². The maximum Gasteiger partial charge on any atom is 0.306 e. The predicted molar refractivity (Wildman–Crippen MR) is 179 cm³/mol. The Morgan fingerprint density at radius 3 is 1.57 bits per heavy atom. The van der Waals surface area contributed by atoms with Gasteiger partial charge in [-0.25, -0.2) is 19.9 Å². The van der Waals surface area contributed by atoms with Crippen LogP contribution in [0.2, 0.25) is 0 Å². The molecule has 0 saturated heterocycles. The Balaban J connectivity index is 1.47. The molecule has 2 aliphatic carbocycles. The molecule has 0 spiro atoms.